The quantitative estimate of drug-likeness (QED) is 0.515. The number of anilines is 1. The predicted octanol–water partition coefficient (Wildman–Crippen LogP) is 1.64. The molecule has 2 aliphatic rings. The minimum absolute atomic E-state index is 0.00578. The summed E-state index contributed by atoms with van der Waals surface area (Å²) in [7, 11) is 0. The number of hydrogen-bond acceptors (Lipinski definition) is 7. The Bertz CT molecular complexity index is 1420. The van der Waals surface area contributed by atoms with Crippen molar-refractivity contribution < 1.29 is 24.0 Å². The van der Waals surface area contributed by atoms with Gasteiger partial charge in [-0.3, -0.25) is 34.2 Å². The Morgan fingerprint density at radius 1 is 1.11 bits per heavy atom. The third-order valence-electron chi connectivity index (χ3n) is 5.71. The normalized spacial score (nSPS) is 17.4. The fourth-order valence-electron chi connectivity index (χ4n) is 4.11. The average molecular weight is 493 g/mol. The minimum Gasteiger partial charge on any atom is -0.324 e. The van der Waals surface area contributed by atoms with Gasteiger partial charge in [0.15, 0.2) is 0 Å². The van der Waals surface area contributed by atoms with E-state index in [4.69, 9.17) is 11.6 Å². The zero-order chi connectivity index (χ0) is 24.7. The summed E-state index contributed by atoms with van der Waals surface area (Å²) in [6.07, 6.45) is 1.64. The van der Waals surface area contributed by atoms with Crippen molar-refractivity contribution in [3.63, 3.8) is 0 Å². The number of carbonyl (C=O) groups is 5. The molecule has 2 aliphatic heterocycles. The number of rotatable bonds is 5. The van der Waals surface area contributed by atoms with Crippen LogP contribution in [0.5, 0.6) is 0 Å². The number of hydrogen-bond donors (Lipinski definition) is 2. The average Bonchev–Trinajstić information content (AvgIpc) is 3.37. The highest BCUT2D eigenvalue weighted by atomic mass is 35.5. The van der Waals surface area contributed by atoms with Gasteiger partial charge in [0, 0.05) is 17.0 Å². The van der Waals surface area contributed by atoms with Crippen LogP contribution in [0.4, 0.5) is 5.69 Å². The summed E-state index contributed by atoms with van der Waals surface area (Å²) in [5, 5.41) is 13.3. The summed E-state index contributed by atoms with van der Waals surface area (Å²) in [5.74, 6) is -3.02. The summed E-state index contributed by atoms with van der Waals surface area (Å²) in [6.45, 7) is -0.198. The lowest BCUT2D eigenvalue weighted by molar-refractivity contribution is -0.136. The fourth-order valence-corrected chi connectivity index (χ4v) is 4.30. The Morgan fingerprint density at radius 3 is 2.69 bits per heavy atom. The van der Waals surface area contributed by atoms with Crippen molar-refractivity contribution in [2.24, 2.45) is 0 Å². The SMILES string of the molecule is O=C1CCC(N2C(=O)c3cccc(NC(=O)Cn4cc(-c5cccc(Cl)c5)nn4)c3C2=O)C(=O)N1. The molecule has 12 heteroatoms. The molecule has 3 aromatic rings. The topological polar surface area (TPSA) is 143 Å². The van der Waals surface area contributed by atoms with E-state index in [2.05, 4.69) is 20.9 Å². The summed E-state index contributed by atoms with van der Waals surface area (Å²) in [6, 6.07) is 10.4. The zero-order valence-electron chi connectivity index (χ0n) is 18.0. The third kappa shape index (κ3) is 4.17. The number of fused-ring (bicyclic) bond motifs is 1. The van der Waals surface area contributed by atoms with E-state index in [1.54, 1.807) is 24.4 Å². The largest absolute Gasteiger partial charge is 0.324 e. The molecule has 5 amide bonds. The van der Waals surface area contributed by atoms with Crippen LogP contribution in [0, 0.1) is 0 Å². The molecule has 35 heavy (non-hydrogen) atoms. The minimum atomic E-state index is -1.09. The molecule has 1 atom stereocenters. The Labute approximate surface area is 203 Å². The van der Waals surface area contributed by atoms with Crippen LogP contribution in [0.25, 0.3) is 11.3 Å². The van der Waals surface area contributed by atoms with Gasteiger partial charge in [-0.05, 0) is 30.7 Å². The number of carbonyl (C=O) groups excluding carboxylic acids is 5. The van der Waals surface area contributed by atoms with Crippen molar-refractivity contribution in [3.8, 4) is 11.3 Å². The van der Waals surface area contributed by atoms with Crippen LogP contribution in [0.1, 0.15) is 33.6 Å². The smallest absolute Gasteiger partial charge is 0.264 e. The third-order valence-corrected chi connectivity index (χ3v) is 5.94. The molecule has 1 saturated heterocycles. The van der Waals surface area contributed by atoms with E-state index in [1.165, 1.54) is 22.9 Å². The van der Waals surface area contributed by atoms with Crippen molar-refractivity contribution in [1.82, 2.24) is 25.2 Å². The van der Waals surface area contributed by atoms with Crippen molar-refractivity contribution in [2.75, 3.05) is 5.32 Å². The molecule has 11 nitrogen and oxygen atoms in total. The lowest BCUT2D eigenvalue weighted by Gasteiger charge is -2.27. The number of nitrogens with zero attached hydrogens (tertiary/aromatic N) is 4. The summed E-state index contributed by atoms with van der Waals surface area (Å²) >= 11 is 6.01. The van der Waals surface area contributed by atoms with Gasteiger partial charge in [0.1, 0.15) is 18.3 Å². The Kier molecular flexibility index (Phi) is 5.61. The molecular formula is C23H17ClN6O5. The van der Waals surface area contributed by atoms with E-state index in [1.807, 2.05) is 6.07 Å². The van der Waals surface area contributed by atoms with Gasteiger partial charge in [0.2, 0.25) is 17.7 Å². The molecule has 1 fully saturated rings. The number of amides is 5. The second-order valence-electron chi connectivity index (χ2n) is 8.04. The van der Waals surface area contributed by atoms with Gasteiger partial charge in [-0.1, -0.05) is 35.0 Å². The lowest BCUT2D eigenvalue weighted by Crippen LogP contribution is -2.54. The molecule has 0 saturated carbocycles. The van der Waals surface area contributed by atoms with E-state index in [-0.39, 0.29) is 36.2 Å². The molecule has 0 radical (unpaired) electrons. The van der Waals surface area contributed by atoms with Gasteiger partial charge in [-0.15, -0.1) is 5.10 Å². The summed E-state index contributed by atoms with van der Waals surface area (Å²) < 4.78 is 1.33. The molecule has 2 N–H and O–H groups in total. The fraction of sp³-hybridized carbons (Fsp3) is 0.174. The molecule has 5 rings (SSSR count). The van der Waals surface area contributed by atoms with Crippen LogP contribution in [0.3, 0.4) is 0 Å². The van der Waals surface area contributed by atoms with Crippen LogP contribution in [-0.2, 0) is 20.9 Å². The highest BCUT2D eigenvalue weighted by Gasteiger charge is 2.45. The molecule has 3 heterocycles. The predicted molar refractivity (Wildman–Crippen MR) is 122 cm³/mol. The standard InChI is InChI=1S/C23H17ClN6O5/c24-13-4-1-3-12(9-13)16-10-29(28-27-16)11-19(32)25-15-6-2-5-14-20(15)23(35)30(22(14)34)17-7-8-18(31)26-21(17)33/h1-6,9-10,17H,7-8,11H2,(H,25,32)(H,26,31,33). The van der Waals surface area contributed by atoms with Crippen molar-refractivity contribution in [1.29, 1.82) is 0 Å². The molecule has 0 spiro atoms. The first kappa shape index (κ1) is 22.4. The number of halogens is 1. The summed E-state index contributed by atoms with van der Waals surface area (Å²) in [4.78, 5) is 63.3. The van der Waals surface area contributed by atoms with Crippen LogP contribution >= 0.6 is 11.6 Å². The molecule has 2 aromatic carbocycles. The monoisotopic (exact) mass is 492 g/mol. The van der Waals surface area contributed by atoms with E-state index >= 15 is 0 Å². The molecule has 1 aromatic heterocycles. The van der Waals surface area contributed by atoms with Gasteiger partial charge >= 0.3 is 0 Å². The van der Waals surface area contributed by atoms with Gasteiger partial charge in [0.05, 0.1) is 23.0 Å². The Hall–Kier alpha value is -4.38. The summed E-state index contributed by atoms with van der Waals surface area (Å²) in [5.41, 5.74) is 1.47. The first-order valence-corrected chi connectivity index (χ1v) is 11.0. The number of nitrogens with one attached hydrogen (secondary N) is 2. The molecule has 1 unspecified atom stereocenters. The maximum absolute atomic E-state index is 13.1. The van der Waals surface area contributed by atoms with Crippen LogP contribution in [0.2, 0.25) is 5.02 Å². The van der Waals surface area contributed by atoms with E-state index in [0.29, 0.717) is 10.7 Å². The molecule has 0 bridgehead atoms. The molecule has 176 valence electrons. The van der Waals surface area contributed by atoms with Crippen LogP contribution in [-0.4, -0.2) is 55.5 Å². The van der Waals surface area contributed by atoms with Gasteiger partial charge in [-0.2, -0.15) is 0 Å². The number of imide groups is 2. The number of aromatic nitrogens is 3. The first-order valence-electron chi connectivity index (χ1n) is 10.6. The van der Waals surface area contributed by atoms with Crippen molar-refractivity contribution >= 4 is 46.8 Å². The lowest BCUT2D eigenvalue weighted by atomic mass is 10.0. The zero-order valence-corrected chi connectivity index (χ0v) is 18.8. The van der Waals surface area contributed by atoms with Crippen LogP contribution in [0.15, 0.2) is 48.7 Å². The van der Waals surface area contributed by atoms with Crippen molar-refractivity contribution in [2.45, 2.75) is 25.4 Å². The second-order valence-corrected chi connectivity index (χ2v) is 8.47. The second kappa shape index (κ2) is 8.76. The number of benzene rings is 2. The Morgan fingerprint density at radius 2 is 1.91 bits per heavy atom. The van der Waals surface area contributed by atoms with Gasteiger partial charge in [-0.25, -0.2) is 4.68 Å². The number of piperidine rings is 1. The van der Waals surface area contributed by atoms with Gasteiger partial charge < -0.3 is 5.32 Å². The van der Waals surface area contributed by atoms with Gasteiger partial charge in [0.25, 0.3) is 11.8 Å². The Balaban J connectivity index is 1.33. The van der Waals surface area contributed by atoms with E-state index in [0.717, 1.165) is 10.5 Å². The maximum atomic E-state index is 13.1. The van der Waals surface area contributed by atoms with E-state index in [9.17, 15) is 24.0 Å². The van der Waals surface area contributed by atoms with Crippen molar-refractivity contribution in [3.05, 3.63) is 64.8 Å². The molecule has 0 aliphatic carbocycles. The highest BCUT2D eigenvalue weighted by Crippen LogP contribution is 2.32. The van der Waals surface area contributed by atoms with E-state index < -0.39 is 35.6 Å². The first-order chi connectivity index (χ1) is 16.8. The van der Waals surface area contributed by atoms with Crippen LogP contribution < -0.4 is 10.6 Å². The maximum Gasteiger partial charge on any atom is 0.264 e. The highest BCUT2D eigenvalue weighted by molar-refractivity contribution is 6.30. The molecular weight excluding hydrogens is 476 g/mol.